The number of amides is 1. The monoisotopic (exact) mass is 205 g/mol. The molecule has 0 aromatic heterocycles. The van der Waals surface area contributed by atoms with E-state index in [2.05, 4.69) is 5.32 Å². The topological polar surface area (TPSA) is 139 Å². The Morgan fingerprint density at radius 1 is 1.43 bits per heavy atom. The number of nitrogens with one attached hydrogen (secondary N) is 1. The van der Waals surface area contributed by atoms with Crippen molar-refractivity contribution in [3.05, 3.63) is 0 Å². The summed E-state index contributed by atoms with van der Waals surface area (Å²) in [4.78, 5) is 21.6. The molecule has 7 N–H and O–H groups in total. The molecule has 0 unspecified atom stereocenters. The Labute approximate surface area is 81.1 Å². The molecule has 0 saturated heterocycles. The second-order valence-corrected chi connectivity index (χ2v) is 2.77. The Balaban J connectivity index is 4.15. The number of rotatable bonds is 6. The largest absolute Gasteiger partial charge is 0.480 e. The summed E-state index contributed by atoms with van der Waals surface area (Å²) in [6.07, 6.45) is 0.124. The first-order chi connectivity index (χ1) is 6.52. The van der Waals surface area contributed by atoms with E-state index in [9.17, 15) is 9.59 Å². The van der Waals surface area contributed by atoms with Crippen LogP contribution in [0.5, 0.6) is 0 Å². The highest BCUT2D eigenvalue weighted by Gasteiger charge is 2.21. The van der Waals surface area contributed by atoms with Crippen LogP contribution in [0.1, 0.15) is 6.42 Å². The van der Waals surface area contributed by atoms with Crippen LogP contribution in [-0.4, -0.2) is 47.3 Å². The number of aliphatic hydroxyl groups excluding tert-OH is 1. The second-order valence-electron chi connectivity index (χ2n) is 2.77. The van der Waals surface area contributed by atoms with Crippen molar-refractivity contribution in [2.75, 3.05) is 13.2 Å². The molecule has 0 saturated carbocycles. The number of aliphatic hydroxyl groups is 1. The molecule has 0 aliphatic heterocycles. The SMILES string of the molecule is NCC[C@@H](NC(=O)[C@@H](N)CO)C(=O)O. The third kappa shape index (κ3) is 4.17. The van der Waals surface area contributed by atoms with Crippen molar-refractivity contribution in [2.24, 2.45) is 11.5 Å². The van der Waals surface area contributed by atoms with Crippen LogP contribution in [-0.2, 0) is 9.59 Å². The minimum Gasteiger partial charge on any atom is -0.480 e. The van der Waals surface area contributed by atoms with Gasteiger partial charge in [-0.2, -0.15) is 0 Å². The van der Waals surface area contributed by atoms with Gasteiger partial charge in [-0.3, -0.25) is 4.79 Å². The van der Waals surface area contributed by atoms with Crippen LogP contribution >= 0.6 is 0 Å². The van der Waals surface area contributed by atoms with Crippen molar-refractivity contribution in [3.8, 4) is 0 Å². The zero-order chi connectivity index (χ0) is 11.1. The van der Waals surface area contributed by atoms with Gasteiger partial charge in [0, 0.05) is 0 Å². The van der Waals surface area contributed by atoms with Gasteiger partial charge < -0.3 is 27.0 Å². The maximum absolute atomic E-state index is 11.1. The molecule has 82 valence electrons. The summed E-state index contributed by atoms with van der Waals surface area (Å²) in [5.41, 5.74) is 10.3. The first kappa shape index (κ1) is 12.8. The van der Waals surface area contributed by atoms with Crippen molar-refractivity contribution >= 4 is 11.9 Å². The standard InChI is InChI=1S/C7H15N3O4/c8-2-1-5(7(13)14)10-6(12)4(9)3-11/h4-5,11H,1-3,8-9H2,(H,10,12)(H,13,14)/t4-,5+/m0/s1. The number of hydrogen-bond acceptors (Lipinski definition) is 5. The number of carbonyl (C=O) groups excluding carboxylic acids is 1. The smallest absolute Gasteiger partial charge is 0.326 e. The fourth-order valence-electron chi connectivity index (χ4n) is 0.786. The van der Waals surface area contributed by atoms with E-state index in [4.69, 9.17) is 21.7 Å². The lowest BCUT2D eigenvalue weighted by atomic mass is 10.2. The van der Waals surface area contributed by atoms with E-state index in [-0.39, 0.29) is 13.0 Å². The van der Waals surface area contributed by atoms with Crippen LogP contribution in [0, 0.1) is 0 Å². The molecule has 0 aliphatic rings. The van der Waals surface area contributed by atoms with Crippen molar-refractivity contribution < 1.29 is 19.8 Å². The Kier molecular flexibility index (Phi) is 5.77. The minimum absolute atomic E-state index is 0.124. The van der Waals surface area contributed by atoms with Gasteiger partial charge >= 0.3 is 5.97 Å². The van der Waals surface area contributed by atoms with Crippen LogP contribution in [0.4, 0.5) is 0 Å². The molecule has 0 radical (unpaired) electrons. The molecule has 2 atom stereocenters. The van der Waals surface area contributed by atoms with E-state index < -0.39 is 30.6 Å². The van der Waals surface area contributed by atoms with Gasteiger partial charge in [0.1, 0.15) is 12.1 Å². The van der Waals surface area contributed by atoms with Crippen LogP contribution < -0.4 is 16.8 Å². The molecule has 0 rings (SSSR count). The Morgan fingerprint density at radius 2 is 2.00 bits per heavy atom. The van der Waals surface area contributed by atoms with Crippen molar-refractivity contribution in [2.45, 2.75) is 18.5 Å². The van der Waals surface area contributed by atoms with E-state index >= 15 is 0 Å². The molecule has 1 amide bonds. The summed E-state index contributed by atoms with van der Waals surface area (Å²) >= 11 is 0. The summed E-state index contributed by atoms with van der Waals surface area (Å²) < 4.78 is 0. The first-order valence-corrected chi connectivity index (χ1v) is 4.12. The fraction of sp³-hybridized carbons (Fsp3) is 0.714. The average molecular weight is 205 g/mol. The summed E-state index contributed by atoms with van der Waals surface area (Å²) in [5, 5.41) is 19.3. The average Bonchev–Trinajstić information content (AvgIpc) is 2.15. The molecule has 0 aromatic rings. The number of carbonyl (C=O) groups is 2. The number of carboxylic acid groups (broad SMARTS) is 1. The van der Waals surface area contributed by atoms with E-state index in [1.807, 2.05) is 0 Å². The van der Waals surface area contributed by atoms with Gasteiger partial charge in [-0.15, -0.1) is 0 Å². The van der Waals surface area contributed by atoms with Gasteiger partial charge in [0.25, 0.3) is 0 Å². The molecule has 0 fully saturated rings. The molecule has 0 bridgehead atoms. The highest BCUT2D eigenvalue weighted by atomic mass is 16.4. The third-order valence-corrected chi connectivity index (χ3v) is 1.60. The van der Waals surface area contributed by atoms with Crippen molar-refractivity contribution in [1.82, 2.24) is 5.32 Å². The summed E-state index contributed by atoms with van der Waals surface area (Å²) in [7, 11) is 0. The fourth-order valence-corrected chi connectivity index (χ4v) is 0.786. The number of aliphatic carboxylic acids is 1. The zero-order valence-corrected chi connectivity index (χ0v) is 7.64. The van der Waals surface area contributed by atoms with E-state index in [1.165, 1.54) is 0 Å². The summed E-state index contributed by atoms with van der Waals surface area (Å²) in [6, 6.07) is -2.15. The molecular weight excluding hydrogens is 190 g/mol. The molecule has 0 spiro atoms. The molecule has 7 nitrogen and oxygen atoms in total. The minimum atomic E-state index is -1.17. The lowest BCUT2D eigenvalue weighted by Gasteiger charge is -2.15. The quantitative estimate of drug-likeness (QED) is 0.318. The Bertz CT molecular complexity index is 209. The highest BCUT2D eigenvalue weighted by molar-refractivity contribution is 5.86. The van der Waals surface area contributed by atoms with Crippen molar-refractivity contribution in [3.63, 3.8) is 0 Å². The summed E-state index contributed by atoms with van der Waals surface area (Å²) in [5.74, 6) is -1.87. The van der Waals surface area contributed by atoms with E-state index in [0.717, 1.165) is 0 Å². The highest BCUT2D eigenvalue weighted by Crippen LogP contribution is 1.91. The number of hydrogen-bond donors (Lipinski definition) is 5. The maximum Gasteiger partial charge on any atom is 0.326 e. The maximum atomic E-state index is 11.1. The number of nitrogens with two attached hydrogens (primary N) is 2. The lowest BCUT2D eigenvalue weighted by molar-refractivity contribution is -0.142. The predicted molar refractivity (Wildman–Crippen MR) is 48.3 cm³/mol. The van der Waals surface area contributed by atoms with E-state index in [1.54, 1.807) is 0 Å². The summed E-state index contributed by atoms with van der Waals surface area (Å²) in [6.45, 7) is -0.383. The zero-order valence-electron chi connectivity index (χ0n) is 7.64. The van der Waals surface area contributed by atoms with Crippen LogP contribution in [0.2, 0.25) is 0 Å². The molecule has 14 heavy (non-hydrogen) atoms. The Hall–Kier alpha value is -1.18. The van der Waals surface area contributed by atoms with Crippen LogP contribution in [0.3, 0.4) is 0 Å². The van der Waals surface area contributed by atoms with Gasteiger partial charge in [0.2, 0.25) is 5.91 Å². The van der Waals surface area contributed by atoms with Gasteiger partial charge in [0.05, 0.1) is 6.61 Å². The Morgan fingerprint density at radius 3 is 2.36 bits per heavy atom. The normalized spacial score (nSPS) is 14.5. The molecule has 0 aliphatic carbocycles. The molecular formula is C7H15N3O4. The van der Waals surface area contributed by atoms with Gasteiger partial charge in [-0.05, 0) is 13.0 Å². The van der Waals surface area contributed by atoms with Crippen LogP contribution in [0.15, 0.2) is 0 Å². The first-order valence-electron chi connectivity index (χ1n) is 4.12. The van der Waals surface area contributed by atoms with Gasteiger partial charge in [0.15, 0.2) is 0 Å². The number of carboxylic acids is 1. The van der Waals surface area contributed by atoms with Crippen molar-refractivity contribution in [1.29, 1.82) is 0 Å². The van der Waals surface area contributed by atoms with Gasteiger partial charge in [-0.25, -0.2) is 4.79 Å². The lowest BCUT2D eigenvalue weighted by Crippen LogP contribution is -2.50. The molecule has 0 heterocycles. The molecule has 0 aromatic carbocycles. The van der Waals surface area contributed by atoms with E-state index in [0.29, 0.717) is 0 Å². The molecule has 7 heteroatoms. The van der Waals surface area contributed by atoms with Crippen LogP contribution in [0.25, 0.3) is 0 Å². The predicted octanol–water partition coefficient (Wildman–Crippen LogP) is -2.78. The second kappa shape index (κ2) is 6.30. The van der Waals surface area contributed by atoms with Gasteiger partial charge in [-0.1, -0.05) is 0 Å². The third-order valence-electron chi connectivity index (χ3n) is 1.60.